The zero-order valence-electron chi connectivity index (χ0n) is 11.0. The normalized spacial score (nSPS) is 12.2. The van der Waals surface area contributed by atoms with Gasteiger partial charge in [0.1, 0.15) is 11.6 Å². The number of aromatic nitrogens is 2. The van der Waals surface area contributed by atoms with E-state index in [1.54, 1.807) is 14.0 Å². The Morgan fingerprint density at radius 1 is 1.37 bits per heavy atom. The summed E-state index contributed by atoms with van der Waals surface area (Å²) < 4.78 is 5.10. The summed E-state index contributed by atoms with van der Waals surface area (Å²) in [5, 5.41) is 0. The minimum atomic E-state index is -0.253. The number of hydrogen-bond donors (Lipinski definition) is 2. The van der Waals surface area contributed by atoms with E-state index >= 15 is 0 Å². The number of ether oxygens (including phenoxy) is 1. The van der Waals surface area contributed by atoms with Crippen molar-refractivity contribution in [1.29, 1.82) is 0 Å². The highest BCUT2D eigenvalue weighted by atomic mass is 16.5. The topological polar surface area (TPSA) is 81.0 Å². The van der Waals surface area contributed by atoms with Crippen molar-refractivity contribution in [3.63, 3.8) is 0 Å². The molecule has 2 aromatic rings. The van der Waals surface area contributed by atoms with Gasteiger partial charge in [-0.25, -0.2) is 4.98 Å². The van der Waals surface area contributed by atoms with Gasteiger partial charge in [-0.15, -0.1) is 0 Å². The lowest BCUT2D eigenvalue weighted by molar-refractivity contribution is 0.414. The minimum absolute atomic E-state index is 0.175. The molecule has 5 heteroatoms. The predicted octanol–water partition coefficient (Wildman–Crippen LogP) is 1.39. The van der Waals surface area contributed by atoms with Gasteiger partial charge in [0.25, 0.3) is 5.56 Å². The average molecular weight is 259 g/mol. The van der Waals surface area contributed by atoms with Crippen LogP contribution in [0.2, 0.25) is 0 Å². The lowest BCUT2D eigenvalue weighted by Gasteiger charge is -2.07. The molecule has 1 unspecified atom stereocenters. The predicted molar refractivity (Wildman–Crippen MR) is 73.3 cm³/mol. The molecular weight excluding hydrogens is 242 g/mol. The van der Waals surface area contributed by atoms with Crippen LogP contribution in [-0.2, 0) is 6.42 Å². The van der Waals surface area contributed by atoms with Crippen LogP contribution in [0.4, 0.5) is 0 Å². The second-order valence-electron chi connectivity index (χ2n) is 4.43. The fraction of sp³-hybridized carbons (Fsp3) is 0.286. The van der Waals surface area contributed by atoms with E-state index in [2.05, 4.69) is 9.97 Å². The van der Waals surface area contributed by atoms with E-state index in [4.69, 9.17) is 10.5 Å². The van der Waals surface area contributed by atoms with Crippen LogP contribution in [0.25, 0.3) is 0 Å². The van der Waals surface area contributed by atoms with Gasteiger partial charge in [-0.05, 0) is 24.6 Å². The van der Waals surface area contributed by atoms with E-state index in [-0.39, 0.29) is 11.6 Å². The molecule has 1 heterocycles. The molecule has 0 aliphatic heterocycles. The van der Waals surface area contributed by atoms with Gasteiger partial charge in [-0.3, -0.25) is 4.79 Å². The van der Waals surface area contributed by atoms with E-state index < -0.39 is 0 Å². The second-order valence-corrected chi connectivity index (χ2v) is 4.43. The first-order chi connectivity index (χ1) is 9.08. The van der Waals surface area contributed by atoms with Crippen LogP contribution >= 0.6 is 0 Å². The summed E-state index contributed by atoms with van der Waals surface area (Å²) in [4.78, 5) is 18.6. The number of nitrogens with one attached hydrogen (secondary N) is 1. The van der Waals surface area contributed by atoms with Crippen molar-refractivity contribution in [1.82, 2.24) is 9.97 Å². The standard InChI is InChI=1S/C14H17N3O2/c1-9(15)12-8-14(18)17-13(16-12)7-10-3-5-11(19-2)6-4-10/h3-6,8-9H,7,15H2,1-2H3,(H,16,17,18). The van der Waals surface area contributed by atoms with Crippen LogP contribution in [0.3, 0.4) is 0 Å². The Labute approximate surface area is 111 Å². The quantitative estimate of drug-likeness (QED) is 0.869. The smallest absolute Gasteiger partial charge is 0.251 e. The Bertz CT molecular complexity index is 603. The molecule has 1 aromatic heterocycles. The van der Waals surface area contributed by atoms with Gasteiger partial charge in [-0.1, -0.05) is 12.1 Å². The SMILES string of the molecule is COc1ccc(Cc2nc(C(C)N)cc(=O)[nH]2)cc1. The van der Waals surface area contributed by atoms with Crippen LogP contribution in [-0.4, -0.2) is 17.1 Å². The summed E-state index contributed by atoms with van der Waals surface area (Å²) in [5.74, 6) is 1.42. The molecule has 1 aromatic carbocycles. The maximum Gasteiger partial charge on any atom is 0.251 e. The summed E-state index contributed by atoms with van der Waals surface area (Å²) >= 11 is 0. The second kappa shape index (κ2) is 5.67. The average Bonchev–Trinajstić information content (AvgIpc) is 2.39. The van der Waals surface area contributed by atoms with E-state index in [1.807, 2.05) is 24.3 Å². The van der Waals surface area contributed by atoms with Crippen molar-refractivity contribution < 1.29 is 4.74 Å². The number of rotatable bonds is 4. The zero-order valence-corrected chi connectivity index (χ0v) is 11.0. The van der Waals surface area contributed by atoms with Gasteiger partial charge in [0.05, 0.1) is 12.8 Å². The summed E-state index contributed by atoms with van der Waals surface area (Å²) in [6.07, 6.45) is 0.555. The first kappa shape index (κ1) is 13.3. The Balaban J connectivity index is 2.24. The molecule has 1 atom stereocenters. The van der Waals surface area contributed by atoms with E-state index in [0.29, 0.717) is 17.9 Å². The molecule has 0 aliphatic carbocycles. The van der Waals surface area contributed by atoms with E-state index in [9.17, 15) is 4.79 Å². The number of hydrogen-bond acceptors (Lipinski definition) is 4. The Kier molecular flexibility index (Phi) is 3.97. The van der Waals surface area contributed by atoms with Crippen molar-refractivity contribution in [2.24, 2.45) is 5.73 Å². The van der Waals surface area contributed by atoms with Crippen molar-refractivity contribution in [2.75, 3.05) is 7.11 Å². The molecule has 0 saturated heterocycles. The highest BCUT2D eigenvalue weighted by molar-refractivity contribution is 5.29. The summed E-state index contributed by atoms with van der Waals surface area (Å²) in [7, 11) is 1.63. The number of nitrogens with zero attached hydrogens (tertiary/aromatic N) is 1. The van der Waals surface area contributed by atoms with Crippen LogP contribution in [0.15, 0.2) is 35.1 Å². The Morgan fingerprint density at radius 2 is 2.05 bits per heavy atom. The molecule has 0 spiro atoms. The number of nitrogens with two attached hydrogens (primary N) is 1. The molecular formula is C14H17N3O2. The van der Waals surface area contributed by atoms with Crippen LogP contribution in [0.1, 0.15) is 30.0 Å². The Morgan fingerprint density at radius 3 is 2.63 bits per heavy atom. The molecule has 0 fully saturated rings. The van der Waals surface area contributed by atoms with Crippen molar-refractivity contribution >= 4 is 0 Å². The highest BCUT2D eigenvalue weighted by Crippen LogP contribution is 2.13. The van der Waals surface area contributed by atoms with Crippen molar-refractivity contribution in [3.05, 3.63) is 57.8 Å². The third kappa shape index (κ3) is 3.42. The summed E-state index contributed by atoms with van der Waals surface area (Å²) in [5.41, 5.74) is 7.23. The third-order valence-electron chi connectivity index (χ3n) is 2.81. The fourth-order valence-electron chi connectivity index (χ4n) is 1.78. The fourth-order valence-corrected chi connectivity index (χ4v) is 1.78. The van der Waals surface area contributed by atoms with Crippen molar-refractivity contribution in [3.8, 4) is 5.75 Å². The third-order valence-corrected chi connectivity index (χ3v) is 2.81. The van der Waals surface area contributed by atoms with Gasteiger partial charge in [-0.2, -0.15) is 0 Å². The summed E-state index contributed by atoms with van der Waals surface area (Å²) in [6.45, 7) is 1.80. The molecule has 19 heavy (non-hydrogen) atoms. The summed E-state index contributed by atoms with van der Waals surface area (Å²) in [6, 6.07) is 8.82. The van der Waals surface area contributed by atoms with Gasteiger partial charge in [0, 0.05) is 18.5 Å². The number of methoxy groups -OCH3 is 1. The number of aromatic amines is 1. The zero-order chi connectivity index (χ0) is 13.8. The highest BCUT2D eigenvalue weighted by Gasteiger charge is 2.06. The molecule has 3 N–H and O–H groups in total. The Hall–Kier alpha value is -2.14. The van der Waals surface area contributed by atoms with Crippen LogP contribution in [0, 0.1) is 0 Å². The molecule has 0 saturated carbocycles. The molecule has 100 valence electrons. The molecule has 0 aliphatic rings. The van der Waals surface area contributed by atoms with Gasteiger partial charge in [0.2, 0.25) is 0 Å². The molecule has 0 bridgehead atoms. The van der Waals surface area contributed by atoms with Gasteiger partial charge in [0.15, 0.2) is 0 Å². The first-order valence-corrected chi connectivity index (χ1v) is 6.07. The van der Waals surface area contributed by atoms with E-state index in [1.165, 1.54) is 6.07 Å². The number of benzene rings is 1. The monoisotopic (exact) mass is 259 g/mol. The lowest BCUT2D eigenvalue weighted by atomic mass is 10.1. The number of H-pyrrole nitrogens is 1. The first-order valence-electron chi connectivity index (χ1n) is 6.07. The van der Waals surface area contributed by atoms with Gasteiger partial charge < -0.3 is 15.5 Å². The largest absolute Gasteiger partial charge is 0.497 e. The van der Waals surface area contributed by atoms with Gasteiger partial charge >= 0.3 is 0 Å². The molecule has 0 radical (unpaired) electrons. The van der Waals surface area contributed by atoms with Crippen molar-refractivity contribution in [2.45, 2.75) is 19.4 Å². The maximum absolute atomic E-state index is 11.5. The van der Waals surface area contributed by atoms with Crippen LogP contribution < -0.4 is 16.0 Å². The minimum Gasteiger partial charge on any atom is -0.497 e. The molecule has 5 nitrogen and oxygen atoms in total. The molecule has 2 rings (SSSR count). The molecule has 0 amide bonds. The maximum atomic E-state index is 11.5. The van der Waals surface area contributed by atoms with E-state index in [0.717, 1.165) is 11.3 Å². The lowest BCUT2D eigenvalue weighted by Crippen LogP contribution is -2.17. The van der Waals surface area contributed by atoms with Crippen LogP contribution in [0.5, 0.6) is 5.75 Å².